The summed E-state index contributed by atoms with van der Waals surface area (Å²) in [6, 6.07) is 10.4. The van der Waals surface area contributed by atoms with Gasteiger partial charge in [-0.05, 0) is 42.7 Å². The highest BCUT2D eigenvalue weighted by molar-refractivity contribution is 5.96. The fraction of sp³-hybridized carbons (Fsp3) is 0.478. The number of rotatable bonds is 11. The maximum Gasteiger partial charge on any atom is 0.371 e. The summed E-state index contributed by atoms with van der Waals surface area (Å²) < 4.78 is 10.9. The first kappa shape index (κ1) is 22.1. The summed E-state index contributed by atoms with van der Waals surface area (Å²) in [5.74, 6) is -0.758. The Kier molecular flexibility index (Phi) is 7.65. The summed E-state index contributed by atoms with van der Waals surface area (Å²) in [6.45, 7) is 2.61. The van der Waals surface area contributed by atoms with Crippen LogP contribution in [0.1, 0.15) is 73.4 Å². The normalized spacial score (nSPS) is 17.5. The average Bonchev–Trinajstić information content (AvgIpc) is 3.35. The van der Waals surface area contributed by atoms with Crippen LogP contribution in [0.15, 0.2) is 40.8 Å². The van der Waals surface area contributed by atoms with E-state index in [4.69, 9.17) is 14.3 Å². The van der Waals surface area contributed by atoms with Crippen LogP contribution in [-0.2, 0) is 16.1 Å². The Morgan fingerprint density at radius 1 is 1.23 bits per heavy atom. The predicted octanol–water partition coefficient (Wildman–Crippen LogP) is 4.30. The molecule has 2 N–H and O–H groups in total. The molecule has 0 spiro atoms. The third-order valence-electron chi connectivity index (χ3n) is 5.39. The van der Waals surface area contributed by atoms with Crippen LogP contribution in [0.5, 0.6) is 0 Å². The van der Waals surface area contributed by atoms with Crippen molar-refractivity contribution in [2.75, 3.05) is 11.5 Å². The van der Waals surface area contributed by atoms with Crippen LogP contribution in [0, 0.1) is 0 Å². The second kappa shape index (κ2) is 10.4. The molecule has 1 aromatic heterocycles. The zero-order valence-corrected chi connectivity index (χ0v) is 17.3. The number of anilines is 1. The molecule has 1 unspecified atom stereocenters. The number of aromatic carboxylic acids is 1. The van der Waals surface area contributed by atoms with Gasteiger partial charge >= 0.3 is 5.97 Å². The third kappa shape index (κ3) is 5.49. The number of carbonyl (C=O) groups excluding carboxylic acids is 1. The Morgan fingerprint density at radius 3 is 2.67 bits per heavy atom. The van der Waals surface area contributed by atoms with Crippen LogP contribution < -0.4 is 4.90 Å². The van der Waals surface area contributed by atoms with Gasteiger partial charge in [0, 0.05) is 12.1 Å². The molecule has 1 aliphatic heterocycles. The molecule has 1 aromatic carbocycles. The molecular formula is C23H29NO6. The number of furan rings is 1. The van der Waals surface area contributed by atoms with E-state index in [9.17, 15) is 14.7 Å². The van der Waals surface area contributed by atoms with Crippen LogP contribution in [0.3, 0.4) is 0 Å². The van der Waals surface area contributed by atoms with Crippen LogP contribution in [-0.4, -0.2) is 34.7 Å². The van der Waals surface area contributed by atoms with Crippen LogP contribution in [0.4, 0.5) is 5.69 Å². The second-order valence-corrected chi connectivity index (χ2v) is 7.65. The van der Waals surface area contributed by atoms with Crippen molar-refractivity contribution in [3.05, 3.63) is 53.5 Å². The number of aliphatic hydroxyl groups excluding tert-OH is 1. The van der Waals surface area contributed by atoms with Gasteiger partial charge in [-0.15, -0.1) is 0 Å². The Balaban J connectivity index is 1.56. The van der Waals surface area contributed by atoms with Crippen LogP contribution in [0.2, 0.25) is 0 Å². The number of unbranched alkanes of at least 4 members (excludes halogenated alkanes) is 2. The molecule has 3 rings (SSSR count). The van der Waals surface area contributed by atoms with Gasteiger partial charge in [0.15, 0.2) is 0 Å². The molecule has 7 heteroatoms. The Hall–Kier alpha value is -2.64. The minimum Gasteiger partial charge on any atom is -0.475 e. The molecule has 1 aliphatic rings. The molecule has 2 aromatic rings. The van der Waals surface area contributed by atoms with Crippen molar-refractivity contribution in [1.82, 2.24) is 0 Å². The quantitative estimate of drug-likeness (QED) is 0.531. The fourth-order valence-electron chi connectivity index (χ4n) is 3.73. The lowest BCUT2D eigenvalue weighted by atomic mass is 10.0. The average molecular weight is 415 g/mol. The minimum atomic E-state index is -1.12. The number of hydrogen-bond acceptors (Lipinski definition) is 5. The zero-order valence-electron chi connectivity index (χ0n) is 17.3. The molecule has 2 heterocycles. The van der Waals surface area contributed by atoms with E-state index in [0.717, 1.165) is 36.9 Å². The van der Waals surface area contributed by atoms with Gasteiger partial charge in [0.1, 0.15) is 12.4 Å². The molecule has 0 saturated carbocycles. The van der Waals surface area contributed by atoms with E-state index in [1.165, 1.54) is 6.07 Å². The van der Waals surface area contributed by atoms with Gasteiger partial charge in [0.25, 0.3) is 0 Å². The highest BCUT2D eigenvalue weighted by Gasteiger charge is 2.32. The number of aliphatic hydroxyl groups is 1. The number of amides is 1. The standard InChI is InChI=1S/C23H29NO6/c1-2-3-4-5-20(25)16-6-8-17(9-7-16)24-18(10-13-22(24)26)14-29-15-19-11-12-21(30-19)23(27)28/h6-9,11-12,18,20,25H,2-5,10,13-15H2,1H3,(H,27,28)/t18-,20?/m1/s1. The number of nitrogens with zero attached hydrogens (tertiary/aromatic N) is 1. The van der Waals surface area contributed by atoms with E-state index < -0.39 is 12.1 Å². The lowest BCUT2D eigenvalue weighted by Crippen LogP contribution is -2.36. The topological polar surface area (TPSA) is 100 Å². The van der Waals surface area contributed by atoms with E-state index >= 15 is 0 Å². The van der Waals surface area contributed by atoms with Crippen molar-refractivity contribution in [2.45, 2.75) is 64.2 Å². The number of hydrogen-bond donors (Lipinski definition) is 2. The van der Waals surface area contributed by atoms with Gasteiger partial charge < -0.3 is 24.3 Å². The number of carbonyl (C=O) groups is 2. The lowest BCUT2D eigenvalue weighted by Gasteiger charge is -2.25. The lowest BCUT2D eigenvalue weighted by molar-refractivity contribution is -0.117. The van der Waals surface area contributed by atoms with E-state index in [2.05, 4.69) is 6.92 Å². The highest BCUT2D eigenvalue weighted by Crippen LogP contribution is 2.29. The Labute approximate surface area is 176 Å². The Bertz CT molecular complexity index is 844. The van der Waals surface area contributed by atoms with Crippen molar-refractivity contribution >= 4 is 17.6 Å². The van der Waals surface area contributed by atoms with Gasteiger partial charge in [0.05, 0.1) is 18.8 Å². The zero-order chi connectivity index (χ0) is 21.5. The number of benzene rings is 1. The smallest absolute Gasteiger partial charge is 0.371 e. The molecule has 7 nitrogen and oxygen atoms in total. The van der Waals surface area contributed by atoms with Crippen LogP contribution >= 0.6 is 0 Å². The molecular weight excluding hydrogens is 386 g/mol. The summed E-state index contributed by atoms with van der Waals surface area (Å²) in [7, 11) is 0. The van der Waals surface area contributed by atoms with Gasteiger partial charge in [-0.2, -0.15) is 0 Å². The number of carboxylic acid groups (broad SMARTS) is 1. The van der Waals surface area contributed by atoms with Gasteiger partial charge in [0.2, 0.25) is 11.7 Å². The van der Waals surface area contributed by atoms with Crippen LogP contribution in [0.25, 0.3) is 0 Å². The predicted molar refractivity (Wildman–Crippen MR) is 111 cm³/mol. The molecule has 1 fully saturated rings. The van der Waals surface area contributed by atoms with Crippen molar-refractivity contribution < 1.29 is 29.0 Å². The third-order valence-corrected chi connectivity index (χ3v) is 5.39. The van der Waals surface area contributed by atoms with Gasteiger partial charge in [-0.3, -0.25) is 4.79 Å². The summed E-state index contributed by atoms with van der Waals surface area (Å²) >= 11 is 0. The molecule has 1 saturated heterocycles. The first-order valence-corrected chi connectivity index (χ1v) is 10.5. The fourth-order valence-corrected chi connectivity index (χ4v) is 3.73. The number of ether oxygens (including phenoxy) is 1. The number of carboxylic acids is 1. The minimum absolute atomic E-state index is 0.0472. The van der Waals surface area contributed by atoms with E-state index in [1.54, 1.807) is 11.0 Å². The van der Waals surface area contributed by atoms with E-state index in [1.807, 2.05) is 24.3 Å². The summed E-state index contributed by atoms with van der Waals surface area (Å²) in [6.07, 6.45) is 4.62. The molecule has 0 aliphatic carbocycles. The molecule has 0 bridgehead atoms. The summed E-state index contributed by atoms with van der Waals surface area (Å²) in [5.41, 5.74) is 1.66. The second-order valence-electron chi connectivity index (χ2n) is 7.65. The molecule has 0 radical (unpaired) electrons. The van der Waals surface area contributed by atoms with Crippen molar-refractivity contribution in [1.29, 1.82) is 0 Å². The SMILES string of the molecule is CCCCCC(O)c1ccc(N2C(=O)CC[C@@H]2COCc2ccc(C(=O)O)o2)cc1. The van der Waals surface area contributed by atoms with E-state index in [0.29, 0.717) is 25.2 Å². The largest absolute Gasteiger partial charge is 0.475 e. The first-order chi connectivity index (χ1) is 14.5. The maximum absolute atomic E-state index is 12.4. The van der Waals surface area contributed by atoms with Gasteiger partial charge in [-0.1, -0.05) is 38.3 Å². The van der Waals surface area contributed by atoms with Crippen molar-refractivity contribution in [3.8, 4) is 0 Å². The van der Waals surface area contributed by atoms with Gasteiger partial charge in [-0.25, -0.2) is 4.79 Å². The first-order valence-electron chi connectivity index (χ1n) is 10.5. The molecule has 30 heavy (non-hydrogen) atoms. The molecule has 2 atom stereocenters. The molecule has 1 amide bonds. The summed E-state index contributed by atoms with van der Waals surface area (Å²) in [5, 5.41) is 19.2. The maximum atomic E-state index is 12.4. The monoisotopic (exact) mass is 415 g/mol. The van der Waals surface area contributed by atoms with Crippen molar-refractivity contribution in [2.24, 2.45) is 0 Å². The molecule has 162 valence electrons. The Morgan fingerprint density at radius 2 is 2.00 bits per heavy atom. The highest BCUT2D eigenvalue weighted by atomic mass is 16.5. The van der Waals surface area contributed by atoms with E-state index in [-0.39, 0.29) is 24.3 Å². The summed E-state index contributed by atoms with van der Waals surface area (Å²) in [4.78, 5) is 25.0. The van der Waals surface area contributed by atoms with Crippen molar-refractivity contribution in [3.63, 3.8) is 0 Å².